The first kappa shape index (κ1) is 8.52. The van der Waals surface area contributed by atoms with E-state index in [2.05, 4.69) is 13.8 Å². The van der Waals surface area contributed by atoms with Gasteiger partial charge in [0.1, 0.15) is 0 Å². The first-order valence-electron chi connectivity index (χ1n) is 3.06. The van der Waals surface area contributed by atoms with Crippen LogP contribution < -0.4 is 0 Å². The average molecular weight is 148 g/mol. The molecule has 0 heterocycles. The summed E-state index contributed by atoms with van der Waals surface area (Å²) in [7, 11) is 1.13. The van der Waals surface area contributed by atoms with E-state index < -0.39 is 0 Å². The number of hydrogen-bond donors (Lipinski definition) is 0. The first-order chi connectivity index (χ1) is 3.77. The second-order valence-corrected chi connectivity index (χ2v) is 3.87. The molecule has 0 nitrogen and oxygen atoms in total. The van der Waals surface area contributed by atoms with Crippen LogP contribution in [0.2, 0.25) is 0 Å². The summed E-state index contributed by atoms with van der Waals surface area (Å²) in [5.74, 6) is 0.853. The highest BCUT2D eigenvalue weighted by atomic mass is 32.4. The Balaban J connectivity index is 2.81. The summed E-state index contributed by atoms with van der Waals surface area (Å²) in [6, 6.07) is 0. The molecule has 0 radical (unpaired) electrons. The number of rotatable bonds is 4. The Bertz CT molecular complexity index is 61.5. The summed E-state index contributed by atoms with van der Waals surface area (Å²) in [6.45, 7) is 4.50. The van der Waals surface area contributed by atoms with Gasteiger partial charge in [-0.3, -0.25) is 0 Å². The maximum atomic E-state index is 4.78. The molecule has 0 saturated carbocycles. The molecule has 0 amide bonds. The fourth-order valence-corrected chi connectivity index (χ4v) is 1.26. The zero-order valence-electron chi connectivity index (χ0n) is 5.55. The van der Waals surface area contributed by atoms with Crippen LogP contribution >= 0.6 is 7.36 Å². The molecule has 0 unspecified atom stereocenters. The van der Waals surface area contributed by atoms with Crippen LogP contribution in [0, 0.1) is 5.92 Å². The molecule has 2 heteroatoms. The van der Waals surface area contributed by atoms with Crippen molar-refractivity contribution in [3.8, 4) is 0 Å². The third kappa shape index (κ3) is 6.52. The predicted octanol–water partition coefficient (Wildman–Crippen LogP) is 2.83. The minimum Gasteiger partial charge on any atom is -0.0628 e. The van der Waals surface area contributed by atoms with Gasteiger partial charge < -0.3 is 0 Å². The van der Waals surface area contributed by atoms with Crippen molar-refractivity contribution < 1.29 is 0 Å². The van der Waals surface area contributed by atoms with E-state index in [1.165, 1.54) is 19.0 Å². The van der Waals surface area contributed by atoms with Crippen molar-refractivity contribution >= 4 is 19.2 Å². The minimum atomic E-state index is 0.853. The van der Waals surface area contributed by atoms with Gasteiger partial charge in [-0.1, -0.05) is 32.1 Å². The fourth-order valence-electron chi connectivity index (χ4n) is 0.564. The van der Waals surface area contributed by atoms with Gasteiger partial charge in [-0.15, -0.1) is 0 Å². The second-order valence-electron chi connectivity index (χ2n) is 2.39. The maximum absolute atomic E-state index is 4.78. The lowest BCUT2D eigenvalue weighted by atomic mass is 10.1. The van der Waals surface area contributed by atoms with Crippen LogP contribution in [0.3, 0.4) is 0 Å². The third-order valence-electron chi connectivity index (χ3n) is 1.03. The molecule has 8 heavy (non-hydrogen) atoms. The van der Waals surface area contributed by atoms with E-state index in [0.29, 0.717) is 0 Å². The first-order valence-corrected chi connectivity index (χ1v) is 5.15. The van der Waals surface area contributed by atoms with E-state index in [1.54, 1.807) is 0 Å². The Morgan fingerprint density at radius 1 is 1.50 bits per heavy atom. The molecular weight excluding hydrogens is 135 g/mol. The Kier molecular flexibility index (Phi) is 6.02. The van der Waals surface area contributed by atoms with Crippen LogP contribution in [-0.2, 0) is 11.8 Å². The van der Waals surface area contributed by atoms with E-state index in [0.717, 1.165) is 13.3 Å². The molecule has 0 aromatic heterocycles. The van der Waals surface area contributed by atoms with Crippen molar-refractivity contribution in [2.24, 2.45) is 5.92 Å². The predicted molar refractivity (Wildman–Crippen MR) is 43.2 cm³/mol. The molecule has 0 aliphatic heterocycles. The van der Waals surface area contributed by atoms with Crippen molar-refractivity contribution in [1.29, 1.82) is 0 Å². The summed E-state index contributed by atoms with van der Waals surface area (Å²) < 4.78 is 0. The van der Waals surface area contributed by atoms with Gasteiger partial charge in [0, 0.05) is 0 Å². The largest absolute Gasteiger partial charge is 0.0628 e. The summed E-state index contributed by atoms with van der Waals surface area (Å²) in [4.78, 5) is 0. The fraction of sp³-hybridized carbons (Fsp3) is 1.00. The Morgan fingerprint density at radius 3 is 2.50 bits per heavy atom. The Hall–Kier alpha value is 0.520. The molecule has 0 spiro atoms. The van der Waals surface area contributed by atoms with Gasteiger partial charge in [-0.05, 0) is 25.9 Å². The van der Waals surface area contributed by atoms with Crippen LogP contribution in [-0.4, -0.2) is 6.16 Å². The Morgan fingerprint density at radius 2 is 2.12 bits per heavy atom. The van der Waals surface area contributed by atoms with E-state index >= 15 is 0 Å². The van der Waals surface area contributed by atoms with E-state index in [9.17, 15) is 0 Å². The van der Waals surface area contributed by atoms with Gasteiger partial charge in [-0.2, -0.15) is 0 Å². The molecule has 0 N–H and O–H groups in total. The summed E-state index contributed by atoms with van der Waals surface area (Å²) in [5, 5.41) is 0. The quantitative estimate of drug-likeness (QED) is 0.436. The lowest BCUT2D eigenvalue weighted by Crippen LogP contribution is -1.86. The lowest BCUT2D eigenvalue weighted by molar-refractivity contribution is 0.579. The second kappa shape index (κ2) is 5.65. The van der Waals surface area contributed by atoms with Crippen molar-refractivity contribution in [2.45, 2.75) is 26.7 Å². The van der Waals surface area contributed by atoms with Gasteiger partial charge in [0.2, 0.25) is 0 Å². The SMILES string of the molecule is CC(C)CCCP=S. The lowest BCUT2D eigenvalue weighted by Gasteiger charge is -1.98. The van der Waals surface area contributed by atoms with E-state index in [4.69, 9.17) is 11.8 Å². The highest BCUT2D eigenvalue weighted by Gasteiger charge is 1.90. The Labute approximate surface area is 58.5 Å². The highest BCUT2D eigenvalue weighted by molar-refractivity contribution is 7.96. The van der Waals surface area contributed by atoms with Gasteiger partial charge >= 0.3 is 0 Å². The van der Waals surface area contributed by atoms with E-state index in [-0.39, 0.29) is 0 Å². The average Bonchev–Trinajstić information content (AvgIpc) is 1.66. The molecule has 0 aliphatic carbocycles. The molecule has 0 bridgehead atoms. The normalized spacial score (nSPS) is 10.9. The van der Waals surface area contributed by atoms with Crippen LogP contribution in [0.15, 0.2) is 0 Å². The van der Waals surface area contributed by atoms with Gasteiger partial charge in [0.15, 0.2) is 0 Å². The molecule has 0 fully saturated rings. The molecule has 48 valence electrons. The van der Waals surface area contributed by atoms with Gasteiger partial charge in [0.05, 0.1) is 0 Å². The van der Waals surface area contributed by atoms with Gasteiger partial charge in [0.25, 0.3) is 0 Å². The minimum absolute atomic E-state index is 0.853. The topological polar surface area (TPSA) is 0 Å². The van der Waals surface area contributed by atoms with Crippen LogP contribution in [0.1, 0.15) is 26.7 Å². The van der Waals surface area contributed by atoms with Crippen LogP contribution in [0.5, 0.6) is 0 Å². The maximum Gasteiger partial charge on any atom is -0.000147 e. The molecule has 0 saturated heterocycles. The molecule has 0 atom stereocenters. The van der Waals surface area contributed by atoms with Crippen molar-refractivity contribution in [3.05, 3.63) is 0 Å². The summed E-state index contributed by atoms with van der Waals surface area (Å²) in [5.41, 5.74) is 0. The number of hydrogen-bond acceptors (Lipinski definition) is 1. The molecule has 0 aromatic rings. The van der Waals surface area contributed by atoms with Crippen LogP contribution in [0.4, 0.5) is 0 Å². The van der Waals surface area contributed by atoms with E-state index in [1.807, 2.05) is 0 Å². The molecular formula is C6H13PS. The van der Waals surface area contributed by atoms with Crippen molar-refractivity contribution in [2.75, 3.05) is 6.16 Å². The monoisotopic (exact) mass is 148 g/mol. The standard InChI is InChI=1S/C6H13PS/c1-6(2)4-3-5-7-8/h6H,3-5H2,1-2H3. The highest BCUT2D eigenvalue weighted by Crippen LogP contribution is 2.06. The molecule has 0 aliphatic rings. The van der Waals surface area contributed by atoms with Gasteiger partial charge in [-0.25, -0.2) is 0 Å². The summed E-state index contributed by atoms with van der Waals surface area (Å²) in [6.07, 6.45) is 3.85. The van der Waals surface area contributed by atoms with Crippen LogP contribution in [0.25, 0.3) is 0 Å². The zero-order chi connectivity index (χ0) is 6.41. The zero-order valence-corrected chi connectivity index (χ0v) is 7.27. The van der Waals surface area contributed by atoms with Crippen molar-refractivity contribution in [3.63, 3.8) is 0 Å². The van der Waals surface area contributed by atoms with Crippen molar-refractivity contribution in [1.82, 2.24) is 0 Å². The molecule has 0 aromatic carbocycles. The third-order valence-corrected chi connectivity index (χ3v) is 2.08. The molecule has 0 rings (SSSR count). The summed E-state index contributed by atoms with van der Waals surface area (Å²) >= 11 is 4.78. The smallest absolute Gasteiger partial charge is 0.000147 e.